The highest BCUT2D eigenvalue weighted by Crippen LogP contribution is 2.24. The van der Waals surface area contributed by atoms with Gasteiger partial charge in [0.25, 0.3) is 11.8 Å². The van der Waals surface area contributed by atoms with Gasteiger partial charge in [-0.2, -0.15) is 8.42 Å². The van der Waals surface area contributed by atoms with Crippen LogP contribution < -0.4 is 16.0 Å². The van der Waals surface area contributed by atoms with Crippen LogP contribution in [0, 0.1) is 0 Å². The zero-order valence-corrected chi connectivity index (χ0v) is 18.4. The van der Waals surface area contributed by atoms with Crippen LogP contribution >= 0.6 is 22.9 Å². The van der Waals surface area contributed by atoms with Crippen molar-refractivity contribution in [2.45, 2.75) is 19.0 Å². The number of carbonyl (C=O) groups excluding carboxylic acids is 4. The third-order valence-corrected chi connectivity index (χ3v) is 5.73. The van der Waals surface area contributed by atoms with Crippen LogP contribution in [-0.4, -0.2) is 83.2 Å². The van der Waals surface area contributed by atoms with Gasteiger partial charge in [0.1, 0.15) is 24.7 Å². The number of amides is 4. The van der Waals surface area contributed by atoms with Gasteiger partial charge in [0.2, 0.25) is 11.8 Å². The summed E-state index contributed by atoms with van der Waals surface area (Å²) in [6.07, 6.45) is 0. The van der Waals surface area contributed by atoms with Crippen molar-refractivity contribution in [3.8, 4) is 0 Å². The molecule has 1 aliphatic heterocycles. The normalized spacial score (nSPS) is 18.8. The minimum Gasteiger partial charge on any atom is -0.398 e. The maximum absolute atomic E-state index is 12.7. The Morgan fingerprint density at radius 3 is 2.65 bits per heavy atom. The van der Waals surface area contributed by atoms with E-state index in [9.17, 15) is 32.1 Å². The molecule has 31 heavy (non-hydrogen) atoms. The predicted octanol–water partition coefficient (Wildman–Crippen LogP) is -1.69. The zero-order valence-electron chi connectivity index (χ0n) is 16.0. The van der Waals surface area contributed by atoms with Gasteiger partial charge in [-0.3, -0.25) is 23.7 Å². The molecule has 0 spiro atoms. The van der Waals surface area contributed by atoms with E-state index in [1.165, 1.54) is 5.38 Å². The van der Waals surface area contributed by atoms with E-state index in [4.69, 9.17) is 11.6 Å². The van der Waals surface area contributed by atoms with Crippen molar-refractivity contribution in [3.05, 3.63) is 11.1 Å². The fraction of sp³-hybridized carbons (Fsp3) is 0.429. The Morgan fingerprint density at radius 2 is 2.10 bits per heavy atom. The molecule has 170 valence electrons. The van der Waals surface area contributed by atoms with Crippen LogP contribution in [-0.2, 0) is 34.3 Å². The molecule has 0 aliphatic carbocycles. The minimum absolute atomic E-state index is 0.00829. The first-order valence-corrected chi connectivity index (χ1v) is 11.1. The number of aromatic nitrogens is 1. The quantitative estimate of drug-likeness (QED) is 0.101. The van der Waals surface area contributed by atoms with E-state index in [2.05, 4.69) is 30.9 Å². The molecule has 0 bridgehead atoms. The number of nitrogens with zero attached hydrogens (tertiary/aromatic N) is 3. The molecule has 14 nitrogen and oxygen atoms in total. The summed E-state index contributed by atoms with van der Waals surface area (Å²) in [6.45, 7) is 0.811. The van der Waals surface area contributed by atoms with Gasteiger partial charge in [-0.15, -0.1) is 22.9 Å². The van der Waals surface area contributed by atoms with Crippen molar-refractivity contribution < 1.29 is 37.0 Å². The number of carbonyl (C=O) groups is 4. The Balaban J connectivity index is 2.21. The van der Waals surface area contributed by atoms with E-state index in [0.717, 1.165) is 25.4 Å². The summed E-state index contributed by atoms with van der Waals surface area (Å²) in [6, 6.07) is -2.66. The van der Waals surface area contributed by atoms with E-state index in [1.807, 2.05) is 0 Å². The van der Waals surface area contributed by atoms with Gasteiger partial charge in [0.15, 0.2) is 10.8 Å². The molecule has 2 unspecified atom stereocenters. The molecule has 1 fully saturated rings. The number of nitrogens with one attached hydrogen (secondary N) is 3. The number of hydrogen-bond donors (Lipinski definition) is 4. The van der Waals surface area contributed by atoms with Crippen molar-refractivity contribution in [1.82, 2.24) is 19.9 Å². The number of oxime groups is 1. The number of halogens is 1. The second-order valence-corrected chi connectivity index (χ2v) is 8.32. The molecule has 4 amide bonds. The molecule has 0 aromatic carbocycles. The minimum atomic E-state index is -4.91. The molecule has 17 heteroatoms. The van der Waals surface area contributed by atoms with E-state index < -0.39 is 46.0 Å². The lowest BCUT2D eigenvalue weighted by molar-refractivity contribution is -0.145. The monoisotopic (exact) mass is 496 g/mol. The third kappa shape index (κ3) is 5.87. The molecule has 1 aromatic rings. The fourth-order valence-corrected chi connectivity index (χ4v) is 4.17. The van der Waals surface area contributed by atoms with Gasteiger partial charge >= 0.3 is 10.3 Å². The first kappa shape index (κ1) is 24.4. The highest BCUT2D eigenvalue weighted by atomic mass is 35.5. The fourth-order valence-electron chi connectivity index (χ4n) is 2.51. The lowest BCUT2D eigenvalue weighted by atomic mass is 9.98. The standard InChI is InChI=1S/C14H17ClN6O8S2/c1-6(22)16-4-8-11(13(25)21(8)31(26,27)28)19-12(24)10(20-29-2)7-5-30-14(17-7)18-9(23)3-15/h5,8,11H,3-4H2,1-2H3,(H,16,22)(H,19,24)(H,17,18,23)(H,26,27,28). The molecule has 1 aromatic heterocycles. The third-order valence-electron chi connectivity index (χ3n) is 3.78. The molecule has 1 saturated heterocycles. The van der Waals surface area contributed by atoms with E-state index in [1.54, 1.807) is 0 Å². The van der Waals surface area contributed by atoms with Crippen LogP contribution in [0.4, 0.5) is 5.13 Å². The number of anilines is 1. The highest BCUT2D eigenvalue weighted by molar-refractivity contribution is 7.84. The summed E-state index contributed by atoms with van der Waals surface area (Å²) in [4.78, 5) is 56.0. The van der Waals surface area contributed by atoms with Crippen LogP contribution in [0.3, 0.4) is 0 Å². The highest BCUT2D eigenvalue weighted by Gasteiger charge is 2.54. The molecule has 4 N–H and O–H groups in total. The number of rotatable bonds is 9. The first-order valence-electron chi connectivity index (χ1n) is 8.28. The Morgan fingerprint density at radius 1 is 1.42 bits per heavy atom. The predicted molar refractivity (Wildman–Crippen MR) is 108 cm³/mol. The summed E-state index contributed by atoms with van der Waals surface area (Å²) >= 11 is 6.37. The first-order chi connectivity index (χ1) is 14.5. The van der Waals surface area contributed by atoms with Crippen molar-refractivity contribution >= 4 is 67.7 Å². The lowest BCUT2D eigenvalue weighted by Gasteiger charge is -2.44. The molecule has 2 atom stereocenters. The van der Waals surface area contributed by atoms with Crippen molar-refractivity contribution in [2.24, 2.45) is 5.16 Å². The Bertz CT molecular complexity index is 1030. The van der Waals surface area contributed by atoms with Crippen molar-refractivity contribution in [1.29, 1.82) is 0 Å². The van der Waals surface area contributed by atoms with Crippen LogP contribution in [0.5, 0.6) is 0 Å². The molecule has 1 aliphatic rings. The molecule has 0 radical (unpaired) electrons. The Kier molecular flexibility index (Phi) is 7.88. The molecular formula is C14H17ClN6O8S2. The zero-order chi connectivity index (χ0) is 23.3. The summed E-state index contributed by atoms with van der Waals surface area (Å²) in [5, 5.41) is 12.0. The Hall–Kier alpha value is -2.82. The SMILES string of the molecule is CON=C(C(=O)NC1C(=O)N(S(=O)(=O)O)C1CNC(C)=O)c1csc(NC(=O)CCl)n1. The number of β-lactam (4-membered cyclic amide) rings is 1. The largest absolute Gasteiger partial charge is 0.398 e. The summed E-state index contributed by atoms with van der Waals surface area (Å²) in [7, 11) is -3.75. The summed E-state index contributed by atoms with van der Waals surface area (Å²) < 4.78 is 32.2. The van der Waals surface area contributed by atoms with Crippen molar-refractivity contribution in [2.75, 3.05) is 24.9 Å². The smallest absolute Gasteiger partial charge is 0.362 e. The summed E-state index contributed by atoms with van der Waals surface area (Å²) in [5.41, 5.74) is -0.382. The van der Waals surface area contributed by atoms with Gasteiger partial charge in [-0.25, -0.2) is 9.29 Å². The van der Waals surface area contributed by atoms with Gasteiger partial charge in [-0.05, 0) is 0 Å². The van der Waals surface area contributed by atoms with Crippen LogP contribution in [0.25, 0.3) is 0 Å². The number of alkyl halides is 1. The van der Waals surface area contributed by atoms with Crippen LogP contribution in [0.15, 0.2) is 10.5 Å². The van der Waals surface area contributed by atoms with Gasteiger partial charge in [0.05, 0.1) is 6.04 Å². The van der Waals surface area contributed by atoms with Gasteiger partial charge in [-0.1, -0.05) is 5.16 Å². The van der Waals surface area contributed by atoms with E-state index >= 15 is 0 Å². The number of hydrogen-bond acceptors (Lipinski definition) is 10. The lowest BCUT2D eigenvalue weighted by Crippen LogP contribution is -2.74. The topological polar surface area (TPSA) is 196 Å². The second-order valence-electron chi connectivity index (χ2n) is 5.91. The number of thiazole rings is 1. The van der Waals surface area contributed by atoms with E-state index in [0.29, 0.717) is 0 Å². The van der Waals surface area contributed by atoms with Crippen LogP contribution in [0.1, 0.15) is 12.6 Å². The summed E-state index contributed by atoms with van der Waals surface area (Å²) in [5.74, 6) is -3.42. The molecule has 2 heterocycles. The van der Waals surface area contributed by atoms with Gasteiger partial charge in [0, 0.05) is 18.8 Å². The van der Waals surface area contributed by atoms with Crippen LogP contribution in [0.2, 0.25) is 0 Å². The molecule has 2 rings (SSSR count). The van der Waals surface area contributed by atoms with E-state index in [-0.39, 0.29) is 33.3 Å². The van der Waals surface area contributed by atoms with Crippen molar-refractivity contribution in [3.63, 3.8) is 0 Å². The average molecular weight is 497 g/mol. The van der Waals surface area contributed by atoms with Gasteiger partial charge < -0.3 is 20.8 Å². The Labute approximate surface area is 184 Å². The maximum atomic E-state index is 12.7. The second kappa shape index (κ2) is 9.99. The average Bonchev–Trinajstić information content (AvgIpc) is 3.13. The maximum Gasteiger partial charge on any atom is 0.362 e. The molecular weight excluding hydrogens is 480 g/mol. The molecule has 0 saturated carbocycles.